The maximum absolute atomic E-state index is 12.6. The molecule has 2 fully saturated rings. The Morgan fingerprint density at radius 1 is 1.13 bits per heavy atom. The Bertz CT molecular complexity index is 797. The molecule has 3 rings (SSSR count). The Hall–Kier alpha value is -2.21. The Morgan fingerprint density at radius 2 is 1.81 bits per heavy atom. The fourth-order valence-corrected chi connectivity index (χ4v) is 4.49. The van der Waals surface area contributed by atoms with Gasteiger partial charge in [0.2, 0.25) is 11.8 Å². The lowest BCUT2D eigenvalue weighted by Gasteiger charge is -2.34. The van der Waals surface area contributed by atoms with Crippen molar-refractivity contribution in [1.29, 1.82) is 0 Å². The summed E-state index contributed by atoms with van der Waals surface area (Å²) in [5.41, 5.74) is 0.768. The molecule has 1 aromatic carbocycles. The lowest BCUT2D eigenvalue weighted by molar-refractivity contribution is -0.137. The molecule has 1 aliphatic heterocycles. The van der Waals surface area contributed by atoms with Gasteiger partial charge in [-0.3, -0.25) is 9.59 Å². The number of hydrogen-bond donors (Lipinski definition) is 0. The number of amides is 2. The lowest BCUT2D eigenvalue weighted by atomic mass is 10.0. The average molecular weight is 449 g/mol. The summed E-state index contributed by atoms with van der Waals surface area (Å²) in [5.74, 6) is 1.79. The zero-order chi connectivity index (χ0) is 22.2. The summed E-state index contributed by atoms with van der Waals surface area (Å²) in [5, 5.41) is 0.453. The van der Waals surface area contributed by atoms with Gasteiger partial charge in [0.15, 0.2) is 11.5 Å². The third kappa shape index (κ3) is 6.39. The van der Waals surface area contributed by atoms with Gasteiger partial charge in [-0.25, -0.2) is 0 Å². The molecule has 0 unspecified atom stereocenters. The summed E-state index contributed by atoms with van der Waals surface area (Å²) < 4.78 is 11.1. The van der Waals surface area contributed by atoms with E-state index in [-0.39, 0.29) is 11.8 Å². The van der Waals surface area contributed by atoms with Crippen LogP contribution in [-0.2, 0) is 9.59 Å². The lowest BCUT2D eigenvalue weighted by Crippen LogP contribution is -2.50. The van der Waals surface area contributed by atoms with E-state index in [0.717, 1.165) is 12.0 Å². The number of nitrogens with zero attached hydrogens (tertiary/aromatic N) is 2. The van der Waals surface area contributed by atoms with Crippen molar-refractivity contribution < 1.29 is 19.1 Å². The number of rotatable bonds is 8. The van der Waals surface area contributed by atoms with E-state index in [2.05, 4.69) is 0 Å². The van der Waals surface area contributed by atoms with Crippen LogP contribution in [0.25, 0.3) is 6.08 Å². The molecule has 0 atom stereocenters. The molecule has 0 radical (unpaired) electrons. The fraction of sp³-hybridized carbons (Fsp3) is 0.583. The number of halogens is 1. The van der Waals surface area contributed by atoms with Crippen LogP contribution >= 0.6 is 11.6 Å². The van der Waals surface area contributed by atoms with Crippen LogP contribution in [-0.4, -0.2) is 61.5 Å². The molecule has 2 amide bonds. The SMILES string of the molecule is CCCOc1c(Cl)cc(/C=C/C(=O)N2CCN(C(=O)CC3CCCC3)CC2)cc1OC. The van der Waals surface area contributed by atoms with Crippen molar-refractivity contribution in [3.63, 3.8) is 0 Å². The van der Waals surface area contributed by atoms with E-state index >= 15 is 0 Å². The highest BCUT2D eigenvalue weighted by Gasteiger charge is 2.26. The first-order valence-electron chi connectivity index (χ1n) is 11.3. The zero-order valence-corrected chi connectivity index (χ0v) is 19.3. The molecule has 0 aromatic heterocycles. The predicted molar refractivity (Wildman–Crippen MR) is 123 cm³/mol. The third-order valence-corrected chi connectivity index (χ3v) is 6.28. The van der Waals surface area contributed by atoms with Crippen molar-refractivity contribution in [1.82, 2.24) is 9.80 Å². The molecule has 0 bridgehead atoms. The summed E-state index contributed by atoms with van der Waals surface area (Å²) >= 11 is 6.35. The molecule has 7 heteroatoms. The highest BCUT2D eigenvalue weighted by atomic mass is 35.5. The van der Waals surface area contributed by atoms with Gasteiger partial charge in [0.1, 0.15) is 0 Å². The molecule has 31 heavy (non-hydrogen) atoms. The number of hydrogen-bond acceptors (Lipinski definition) is 4. The van der Waals surface area contributed by atoms with Gasteiger partial charge in [0, 0.05) is 38.7 Å². The van der Waals surface area contributed by atoms with Crippen molar-refractivity contribution in [2.24, 2.45) is 5.92 Å². The van der Waals surface area contributed by atoms with Gasteiger partial charge < -0.3 is 19.3 Å². The fourth-order valence-electron chi connectivity index (χ4n) is 4.22. The normalized spacial score (nSPS) is 17.4. The molecular formula is C24H33ClN2O4. The van der Waals surface area contributed by atoms with Crippen LogP contribution in [0.3, 0.4) is 0 Å². The minimum Gasteiger partial charge on any atom is -0.493 e. The van der Waals surface area contributed by atoms with Crippen LogP contribution < -0.4 is 9.47 Å². The summed E-state index contributed by atoms with van der Waals surface area (Å²) in [6.45, 7) is 4.91. The van der Waals surface area contributed by atoms with Crippen LogP contribution in [0.15, 0.2) is 18.2 Å². The molecule has 170 valence electrons. The maximum atomic E-state index is 12.6. The predicted octanol–water partition coefficient (Wildman–Crippen LogP) is 4.40. The number of ether oxygens (including phenoxy) is 2. The van der Waals surface area contributed by atoms with Gasteiger partial charge in [-0.2, -0.15) is 0 Å². The second-order valence-corrected chi connectivity index (χ2v) is 8.68. The molecule has 6 nitrogen and oxygen atoms in total. The number of carbonyl (C=O) groups excluding carboxylic acids is 2. The number of methoxy groups -OCH3 is 1. The van der Waals surface area contributed by atoms with Gasteiger partial charge in [0.25, 0.3) is 0 Å². The smallest absolute Gasteiger partial charge is 0.246 e. The summed E-state index contributed by atoms with van der Waals surface area (Å²) in [4.78, 5) is 28.8. The molecule has 1 saturated heterocycles. The number of benzene rings is 1. The number of carbonyl (C=O) groups is 2. The van der Waals surface area contributed by atoms with Crippen molar-refractivity contribution in [3.05, 3.63) is 28.8 Å². The second kappa shape index (κ2) is 11.4. The van der Waals surface area contributed by atoms with E-state index in [4.69, 9.17) is 21.1 Å². The van der Waals surface area contributed by atoms with Crippen LogP contribution in [0.1, 0.15) is 51.0 Å². The summed E-state index contributed by atoms with van der Waals surface area (Å²) in [7, 11) is 1.57. The average Bonchev–Trinajstić information content (AvgIpc) is 3.29. The van der Waals surface area contributed by atoms with E-state index in [1.165, 1.54) is 25.7 Å². The summed E-state index contributed by atoms with van der Waals surface area (Å²) in [6.07, 6.45) is 9.66. The van der Waals surface area contributed by atoms with Gasteiger partial charge in [-0.05, 0) is 49.0 Å². The van der Waals surface area contributed by atoms with E-state index in [0.29, 0.717) is 61.6 Å². The quantitative estimate of drug-likeness (QED) is 0.553. The molecule has 2 aliphatic rings. The van der Waals surface area contributed by atoms with E-state index in [1.807, 2.05) is 11.8 Å². The highest BCUT2D eigenvalue weighted by Crippen LogP contribution is 2.37. The molecule has 1 saturated carbocycles. The van der Waals surface area contributed by atoms with Gasteiger partial charge in [-0.15, -0.1) is 0 Å². The molecule has 1 aliphatic carbocycles. The largest absolute Gasteiger partial charge is 0.493 e. The Labute approximate surface area is 190 Å². The maximum Gasteiger partial charge on any atom is 0.246 e. The molecule has 0 spiro atoms. The third-order valence-electron chi connectivity index (χ3n) is 6.00. The minimum atomic E-state index is -0.0655. The molecule has 1 heterocycles. The molecular weight excluding hydrogens is 416 g/mol. The second-order valence-electron chi connectivity index (χ2n) is 8.28. The van der Waals surface area contributed by atoms with E-state index in [1.54, 1.807) is 36.3 Å². The van der Waals surface area contributed by atoms with Crippen LogP contribution in [0.5, 0.6) is 11.5 Å². The topological polar surface area (TPSA) is 59.1 Å². The first kappa shape index (κ1) is 23.5. The van der Waals surface area contributed by atoms with Crippen molar-refractivity contribution in [3.8, 4) is 11.5 Å². The Morgan fingerprint density at radius 3 is 2.45 bits per heavy atom. The molecule has 1 aromatic rings. The van der Waals surface area contributed by atoms with Crippen molar-refractivity contribution >= 4 is 29.5 Å². The van der Waals surface area contributed by atoms with Crippen LogP contribution in [0.2, 0.25) is 5.02 Å². The zero-order valence-electron chi connectivity index (χ0n) is 18.6. The van der Waals surface area contributed by atoms with Gasteiger partial charge >= 0.3 is 0 Å². The Balaban J connectivity index is 1.53. The van der Waals surface area contributed by atoms with Gasteiger partial charge in [0.05, 0.1) is 18.7 Å². The minimum absolute atomic E-state index is 0.0655. The van der Waals surface area contributed by atoms with Crippen LogP contribution in [0.4, 0.5) is 0 Å². The van der Waals surface area contributed by atoms with E-state index < -0.39 is 0 Å². The highest BCUT2D eigenvalue weighted by molar-refractivity contribution is 6.32. The molecule has 0 N–H and O–H groups in total. The standard InChI is InChI=1S/C24H33ClN2O4/c1-3-14-31-24-20(25)15-19(16-21(24)30-2)8-9-22(28)26-10-12-27(13-11-26)23(29)17-18-6-4-5-7-18/h8-9,15-16,18H,3-7,10-14,17H2,1-2H3/b9-8+. The monoisotopic (exact) mass is 448 g/mol. The summed E-state index contributed by atoms with van der Waals surface area (Å²) in [6, 6.07) is 3.57. The van der Waals surface area contributed by atoms with Crippen molar-refractivity contribution in [2.75, 3.05) is 39.9 Å². The number of piperazine rings is 1. The Kier molecular flexibility index (Phi) is 8.64. The van der Waals surface area contributed by atoms with Crippen molar-refractivity contribution in [2.45, 2.75) is 45.4 Å². The first-order chi connectivity index (χ1) is 15.0. The van der Waals surface area contributed by atoms with Crippen LogP contribution in [0, 0.1) is 5.92 Å². The van der Waals surface area contributed by atoms with Gasteiger partial charge in [-0.1, -0.05) is 31.4 Å². The first-order valence-corrected chi connectivity index (χ1v) is 11.6. The van der Waals surface area contributed by atoms with E-state index in [9.17, 15) is 9.59 Å².